The number of anilines is 2. The molecule has 1 aromatic heterocycles. The Labute approximate surface area is 174 Å². The van der Waals surface area contributed by atoms with Gasteiger partial charge in [-0.15, -0.1) is 0 Å². The summed E-state index contributed by atoms with van der Waals surface area (Å²) in [6.45, 7) is 4.88. The number of rotatable bonds is 4. The molecule has 3 N–H and O–H groups in total. The molecule has 0 radical (unpaired) electrons. The molecule has 30 heavy (non-hydrogen) atoms. The van der Waals surface area contributed by atoms with Crippen molar-refractivity contribution in [2.45, 2.75) is 0 Å². The molecule has 8 heteroatoms. The number of nitrogens with zero attached hydrogens (tertiary/aromatic N) is 3. The molecule has 3 aromatic rings. The third-order valence-electron chi connectivity index (χ3n) is 5.59. The van der Waals surface area contributed by atoms with Crippen molar-refractivity contribution in [3.8, 4) is 28.2 Å². The Kier molecular flexibility index (Phi) is 4.76. The third kappa shape index (κ3) is 3.35. The highest BCUT2D eigenvalue weighted by molar-refractivity contribution is 5.94. The number of hydrogen-bond acceptors (Lipinski definition) is 6. The number of aromatic nitrogens is 1. The Balaban J connectivity index is 1.42. The summed E-state index contributed by atoms with van der Waals surface area (Å²) < 4.78 is 5.55. The molecule has 154 valence electrons. The number of carbonyl (C=O) groups is 1. The molecular formula is C22H23N5O3. The van der Waals surface area contributed by atoms with Crippen LogP contribution < -0.4 is 20.4 Å². The molecule has 0 saturated carbocycles. The number of piperazine rings is 1. The molecule has 8 nitrogen and oxygen atoms in total. The minimum absolute atomic E-state index is 0.0850. The molecule has 2 aliphatic heterocycles. The van der Waals surface area contributed by atoms with Crippen molar-refractivity contribution in [2.24, 2.45) is 0 Å². The number of urea groups is 1. The Morgan fingerprint density at radius 1 is 0.967 bits per heavy atom. The van der Waals surface area contributed by atoms with Gasteiger partial charge < -0.3 is 25.2 Å². The van der Waals surface area contributed by atoms with Gasteiger partial charge in [0.2, 0.25) is 0 Å². The van der Waals surface area contributed by atoms with E-state index in [9.17, 15) is 9.90 Å². The number of phenolic OH excluding ortho intramolecular Hbond substituents is 1. The molecule has 3 heterocycles. The predicted octanol–water partition coefficient (Wildman–Crippen LogP) is 2.65. The van der Waals surface area contributed by atoms with Gasteiger partial charge in [-0.2, -0.15) is 0 Å². The number of phenols is 1. The van der Waals surface area contributed by atoms with Crippen molar-refractivity contribution < 1.29 is 14.4 Å². The van der Waals surface area contributed by atoms with E-state index in [1.807, 2.05) is 48.5 Å². The van der Waals surface area contributed by atoms with Gasteiger partial charge in [-0.1, -0.05) is 29.4 Å². The molecule has 0 unspecified atom stereocenters. The van der Waals surface area contributed by atoms with Crippen LogP contribution in [0.3, 0.4) is 0 Å². The average molecular weight is 405 g/mol. The normalized spacial score (nSPS) is 16.7. The first-order valence-corrected chi connectivity index (χ1v) is 10.1. The minimum Gasteiger partial charge on any atom is -0.507 e. The molecule has 0 aliphatic carbocycles. The van der Waals surface area contributed by atoms with Crippen molar-refractivity contribution in [3.63, 3.8) is 0 Å². The Bertz CT molecular complexity index is 1060. The van der Waals surface area contributed by atoms with E-state index in [0.717, 1.165) is 43.2 Å². The second kappa shape index (κ2) is 7.72. The summed E-state index contributed by atoms with van der Waals surface area (Å²) >= 11 is 0. The number of amides is 2. The van der Waals surface area contributed by atoms with Gasteiger partial charge in [0, 0.05) is 56.6 Å². The zero-order valence-electron chi connectivity index (χ0n) is 16.5. The van der Waals surface area contributed by atoms with Gasteiger partial charge in [0.15, 0.2) is 11.6 Å². The zero-order chi connectivity index (χ0) is 20.5. The van der Waals surface area contributed by atoms with Crippen LogP contribution in [0, 0.1) is 0 Å². The van der Waals surface area contributed by atoms with Gasteiger partial charge in [0.25, 0.3) is 0 Å². The van der Waals surface area contributed by atoms with Crippen LogP contribution in [0.4, 0.5) is 16.3 Å². The standard InChI is InChI=1S/C22H23N5O3/c28-21-17(15-4-6-16(7-5-15)27-13-10-24-22(27)29)2-1-3-18(21)19-14-20(25-30-19)26-11-8-23-9-12-26/h1-7,14,23,28H,8-13H2,(H,24,29). The molecular weight excluding hydrogens is 382 g/mol. The lowest BCUT2D eigenvalue weighted by molar-refractivity contribution is 0.252. The Hall–Kier alpha value is -3.52. The number of carbonyl (C=O) groups excluding carboxylic acids is 1. The maximum absolute atomic E-state index is 11.9. The van der Waals surface area contributed by atoms with E-state index in [4.69, 9.17) is 4.52 Å². The summed E-state index contributed by atoms with van der Waals surface area (Å²) in [4.78, 5) is 15.7. The van der Waals surface area contributed by atoms with Crippen LogP contribution in [-0.2, 0) is 0 Å². The smallest absolute Gasteiger partial charge is 0.321 e. The van der Waals surface area contributed by atoms with Crippen LogP contribution >= 0.6 is 0 Å². The lowest BCUT2D eigenvalue weighted by atomic mass is 10.00. The number of hydrogen-bond donors (Lipinski definition) is 3. The average Bonchev–Trinajstić information content (AvgIpc) is 3.44. The number of para-hydroxylation sites is 1. The summed E-state index contributed by atoms with van der Waals surface area (Å²) in [6.07, 6.45) is 0. The van der Waals surface area contributed by atoms with Gasteiger partial charge >= 0.3 is 6.03 Å². The molecule has 5 rings (SSSR count). The summed E-state index contributed by atoms with van der Waals surface area (Å²) in [6, 6.07) is 15.0. The highest BCUT2D eigenvalue weighted by Gasteiger charge is 2.22. The first-order chi connectivity index (χ1) is 14.7. The second-order valence-electron chi connectivity index (χ2n) is 7.42. The number of nitrogens with one attached hydrogen (secondary N) is 2. The maximum Gasteiger partial charge on any atom is 0.321 e. The fourth-order valence-electron chi connectivity index (χ4n) is 3.95. The number of benzene rings is 2. The Morgan fingerprint density at radius 3 is 2.47 bits per heavy atom. The van der Waals surface area contributed by atoms with Crippen LogP contribution in [-0.4, -0.2) is 55.6 Å². The maximum atomic E-state index is 11.9. The van der Waals surface area contributed by atoms with Crippen molar-refractivity contribution >= 4 is 17.5 Å². The molecule has 2 amide bonds. The summed E-state index contributed by atoms with van der Waals surface area (Å²) in [7, 11) is 0. The topological polar surface area (TPSA) is 93.9 Å². The number of aromatic hydroxyl groups is 1. The van der Waals surface area contributed by atoms with E-state index in [1.54, 1.807) is 4.90 Å². The monoisotopic (exact) mass is 405 g/mol. The highest BCUT2D eigenvalue weighted by Crippen LogP contribution is 2.39. The van der Waals surface area contributed by atoms with Crippen LogP contribution in [0.25, 0.3) is 22.5 Å². The lowest BCUT2D eigenvalue weighted by Gasteiger charge is -2.26. The van der Waals surface area contributed by atoms with Crippen LogP contribution in [0.1, 0.15) is 0 Å². The van der Waals surface area contributed by atoms with Crippen molar-refractivity contribution in [1.29, 1.82) is 0 Å². The molecule has 2 saturated heterocycles. The molecule has 2 fully saturated rings. The first-order valence-electron chi connectivity index (χ1n) is 10.1. The largest absolute Gasteiger partial charge is 0.507 e. The van der Waals surface area contributed by atoms with E-state index < -0.39 is 0 Å². The van der Waals surface area contributed by atoms with E-state index in [2.05, 4.69) is 20.7 Å². The second-order valence-corrected chi connectivity index (χ2v) is 7.42. The fraction of sp³-hybridized carbons (Fsp3) is 0.273. The third-order valence-corrected chi connectivity index (χ3v) is 5.59. The fourth-order valence-corrected chi connectivity index (χ4v) is 3.95. The molecule has 0 spiro atoms. The van der Waals surface area contributed by atoms with E-state index in [-0.39, 0.29) is 11.8 Å². The van der Waals surface area contributed by atoms with Crippen molar-refractivity contribution in [2.75, 3.05) is 49.1 Å². The van der Waals surface area contributed by atoms with Gasteiger partial charge in [-0.05, 0) is 23.8 Å². The van der Waals surface area contributed by atoms with E-state index in [1.165, 1.54) is 0 Å². The molecule has 0 bridgehead atoms. The van der Waals surface area contributed by atoms with Crippen LogP contribution in [0.5, 0.6) is 5.75 Å². The summed E-state index contributed by atoms with van der Waals surface area (Å²) in [5.74, 6) is 1.46. The van der Waals surface area contributed by atoms with Gasteiger partial charge in [0.05, 0.1) is 5.56 Å². The van der Waals surface area contributed by atoms with Gasteiger partial charge in [-0.3, -0.25) is 4.90 Å². The van der Waals surface area contributed by atoms with Crippen LogP contribution in [0.2, 0.25) is 0 Å². The zero-order valence-corrected chi connectivity index (χ0v) is 16.5. The van der Waals surface area contributed by atoms with Gasteiger partial charge in [0.1, 0.15) is 5.75 Å². The Morgan fingerprint density at radius 2 is 1.73 bits per heavy atom. The minimum atomic E-state index is -0.0850. The molecule has 2 aliphatic rings. The van der Waals surface area contributed by atoms with Gasteiger partial charge in [-0.25, -0.2) is 4.79 Å². The first kappa shape index (κ1) is 18.5. The van der Waals surface area contributed by atoms with E-state index >= 15 is 0 Å². The molecule has 0 atom stereocenters. The van der Waals surface area contributed by atoms with Crippen molar-refractivity contribution in [1.82, 2.24) is 15.8 Å². The van der Waals surface area contributed by atoms with Crippen molar-refractivity contribution in [3.05, 3.63) is 48.5 Å². The molecule has 2 aromatic carbocycles. The van der Waals surface area contributed by atoms with E-state index in [0.29, 0.717) is 30.0 Å². The predicted molar refractivity (Wildman–Crippen MR) is 115 cm³/mol. The lowest BCUT2D eigenvalue weighted by Crippen LogP contribution is -2.43. The quantitative estimate of drug-likeness (QED) is 0.618. The highest BCUT2D eigenvalue weighted by atomic mass is 16.5. The summed E-state index contributed by atoms with van der Waals surface area (Å²) in [5, 5.41) is 21.3. The van der Waals surface area contributed by atoms with Crippen LogP contribution in [0.15, 0.2) is 53.1 Å². The summed E-state index contributed by atoms with van der Waals surface area (Å²) in [5.41, 5.74) is 2.99. The SMILES string of the molecule is O=C1NCCN1c1ccc(-c2cccc(-c3cc(N4CCNCC4)no3)c2O)cc1.